The third-order valence-corrected chi connectivity index (χ3v) is 3.33. The maximum Gasteiger partial charge on any atom is 0.241 e. The first-order valence-corrected chi connectivity index (χ1v) is 7.06. The molecule has 21 heavy (non-hydrogen) atoms. The lowest BCUT2D eigenvalue weighted by molar-refractivity contribution is 0.255. The van der Waals surface area contributed by atoms with Crippen molar-refractivity contribution >= 4 is 10.9 Å². The second-order valence-corrected chi connectivity index (χ2v) is 5.22. The predicted molar refractivity (Wildman–Crippen MR) is 85.1 cm³/mol. The maximum absolute atomic E-state index is 5.86. The molecule has 0 aliphatic carbocycles. The lowest BCUT2D eigenvalue weighted by Gasteiger charge is -2.09. The number of ether oxygens (including phenoxy) is 1. The summed E-state index contributed by atoms with van der Waals surface area (Å²) in [5.74, 6) is 0.691. The molecule has 0 spiro atoms. The molecule has 0 bridgehead atoms. The molecule has 0 radical (unpaired) electrons. The van der Waals surface area contributed by atoms with Gasteiger partial charge in [-0.2, -0.15) is 0 Å². The van der Waals surface area contributed by atoms with Crippen LogP contribution in [0.25, 0.3) is 16.6 Å². The van der Waals surface area contributed by atoms with E-state index in [0.29, 0.717) is 12.5 Å². The number of fused-ring (bicyclic) bond motifs is 1. The number of para-hydroxylation sites is 2. The second kappa shape index (κ2) is 5.97. The number of likely N-dealkylation sites (N-methyl/N-ethyl adjacent to an activating group) is 1. The molecular formula is C17H19N3O. The van der Waals surface area contributed by atoms with Gasteiger partial charge >= 0.3 is 0 Å². The quantitative estimate of drug-likeness (QED) is 0.720. The van der Waals surface area contributed by atoms with Gasteiger partial charge in [0, 0.05) is 6.54 Å². The number of hydrogen-bond acceptors (Lipinski definition) is 3. The van der Waals surface area contributed by atoms with E-state index in [2.05, 4.69) is 16.1 Å². The molecule has 1 heterocycles. The van der Waals surface area contributed by atoms with E-state index in [4.69, 9.17) is 4.74 Å². The lowest BCUT2D eigenvalue weighted by Crippen LogP contribution is -2.19. The molecule has 4 heteroatoms. The Morgan fingerprint density at radius 2 is 1.71 bits per heavy atom. The molecular weight excluding hydrogens is 262 g/mol. The third-order valence-electron chi connectivity index (χ3n) is 3.33. The summed E-state index contributed by atoms with van der Waals surface area (Å²) < 4.78 is 7.79. The minimum absolute atomic E-state index is 0.628. The topological polar surface area (TPSA) is 30.3 Å². The fourth-order valence-corrected chi connectivity index (χ4v) is 2.24. The van der Waals surface area contributed by atoms with Crippen molar-refractivity contribution in [3.63, 3.8) is 0 Å². The van der Waals surface area contributed by atoms with E-state index < -0.39 is 0 Å². The van der Waals surface area contributed by atoms with Crippen LogP contribution in [0, 0.1) is 0 Å². The normalized spacial score (nSPS) is 11.2. The molecule has 0 fully saturated rings. The Bertz CT molecular complexity index is 719. The predicted octanol–water partition coefficient (Wildman–Crippen LogP) is 2.97. The van der Waals surface area contributed by atoms with Gasteiger partial charge in [0.05, 0.1) is 16.6 Å². The van der Waals surface area contributed by atoms with Crippen LogP contribution in [0.4, 0.5) is 0 Å². The zero-order valence-electron chi connectivity index (χ0n) is 12.4. The smallest absolute Gasteiger partial charge is 0.241 e. The number of benzene rings is 2. The van der Waals surface area contributed by atoms with Crippen LogP contribution in [0.3, 0.4) is 0 Å². The largest absolute Gasteiger partial charge is 0.475 e. The van der Waals surface area contributed by atoms with Gasteiger partial charge in [-0.15, -0.1) is 5.10 Å². The lowest BCUT2D eigenvalue weighted by atomic mass is 10.2. The fourth-order valence-electron chi connectivity index (χ4n) is 2.24. The van der Waals surface area contributed by atoms with Gasteiger partial charge < -0.3 is 9.64 Å². The van der Waals surface area contributed by atoms with Gasteiger partial charge in [-0.3, -0.25) is 0 Å². The van der Waals surface area contributed by atoms with Gasteiger partial charge in [0.15, 0.2) is 0 Å². The minimum Gasteiger partial charge on any atom is -0.475 e. The molecule has 2 aromatic carbocycles. The van der Waals surface area contributed by atoms with E-state index in [9.17, 15) is 0 Å². The van der Waals surface area contributed by atoms with E-state index in [1.807, 2.05) is 67.3 Å². The number of rotatable bonds is 5. The molecule has 0 saturated heterocycles. The van der Waals surface area contributed by atoms with Crippen molar-refractivity contribution < 1.29 is 4.74 Å². The summed E-state index contributed by atoms with van der Waals surface area (Å²) in [6, 6.07) is 18.3. The van der Waals surface area contributed by atoms with Gasteiger partial charge in [-0.05, 0) is 38.4 Å². The number of hydrogen-bond donors (Lipinski definition) is 0. The van der Waals surface area contributed by atoms with E-state index >= 15 is 0 Å². The molecule has 4 nitrogen and oxygen atoms in total. The van der Waals surface area contributed by atoms with Crippen LogP contribution in [-0.2, 0) is 0 Å². The molecule has 0 saturated carbocycles. The van der Waals surface area contributed by atoms with Crippen LogP contribution < -0.4 is 4.74 Å². The van der Waals surface area contributed by atoms with E-state index in [1.165, 1.54) is 0 Å². The number of aromatic nitrogens is 2. The van der Waals surface area contributed by atoms with Crippen LogP contribution in [0.2, 0.25) is 0 Å². The van der Waals surface area contributed by atoms with Crippen LogP contribution in [0.15, 0.2) is 54.6 Å². The Morgan fingerprint density at radius 3 is 2.48 bits per heavy atom. The van der Waals surface area contributed by atoms with Gasteiger partial charge in [0.25, 0.3) is 0 Å². The molecule has 1 aromatic heterocycles. The minimum atomic E-state index is 0.628. The average molecular weight is 281 g/mol. The zero-order chi connectivity index (χ0) is 14.7. The molecule has 0 N–H and O–H groups in total. The molecule has 3 aromatic rings. The van der Waals surface area contributed by atoms with Crippen molar-refractivity contribution in [3.8, 4) is 11.6 Å². The van der Waals surface area contributed by atoms with Crippen molar-refractivity contribution in [2.75, 3.05) is 27.2 Å². The van der Waals surface area contributed by atoms with Crippen LogP contribution >= 0.6 is 0 Å². The Labute approximate surface area is 124 Å². The average Bonchev–Trinajstić information content (AvgIpc) is 2.87. The fraction of sp³-hybridized carbons (Fsp3) is 0.235. The Morgan fingerprint density at radius 1 is 1.00 bits per heavy atom. The van der Waals surface area contributed by atoms with E-state index in [1.54, 1.807) is 0 Å². The van der Waals surface area contributed by atoms with Gasteiger partial charge in [-0.1, -0.05) is 30.3 Å². The highest BCUT2D eigenvalue weighted by Gasteiger charge is 2.12. The first-order valence-electron chi connectivity index (χ1n) is 7.06. The Hall–Kier alpha value is -2.33. The first kappa shape index (κ1) is 13.6. The van der Waals surface area contributed by atoms with Crippen molar-refractivity contribution in [3.05, 3.63) is 54.6 Å². The molecule has 0 aliphatic heterocycles. The second-order valence-electron chi connectivity index (χ2n) is 5.22. The molecule has 0 amide bonds. The summed E-state index contributed by atoms with van der Waals surface area (Å²) in [6.45, 7) is 1.50. The van der Waals surface area contributed by atoms with Crippen molar-refractivity contribution in [1.29, 1.82) is 0 Å². The van der Waals surface area contributed by atoms with Gasteiger partial charge in [0.2, 0.25) is 5.88 Å². The van der Waals surface area contributed by atoms with Crippen LogP contribution in [0.5, 0.6) is 5.88 Å². The highest BCUT2D eigenvalue weighted by Crippen LogP contribution is 2.27. The van der Waals surface area contributed by atoms with Crippen LogP contribution in [0.1, 0.15) is 0 Å². The highest BCUT2D eigenvalue weighted by atomic mass is 16.5. The summed E-state index contributed by atoms with van der Waals surface area (Å²) in [6.07, 6.45) is 0. The summed E-state index contributed by atoms with van der Waals surface area (Å²) >= 11 is 0. The van der Waals surface area contributed by atoms with Crippen molar-refractivity contribution in [1.82, 2.24) is 14.7 Å². The Balaban J connectivity index is 1.98. The van der Waals surface area contributed by atoms with Crippen LogP contribution in [-0.4, -0.2) is 41.9 Å². The van der Waals surface area contributed by atoms with E-state index in [-0.39, 0.29) is 0 Å². The SMILES string of the molecule is CN(C)CCOc1nn(-c2ccccc2)c2ccccc12. The zero-order valence-corrected chi connectivity index (χ0v) is 12.4. The maximum atomic E-state index is 5.86. The molecule has 3 rings (SSSR count). The van der Waals surface area contributed by atoms with Crippen molar-refractivity contribution in [2.24, 2.45) is 0 Å². The standard InChI is InChI=1S/C17H19N3O/c1-19(2)12-13-21-17-15-10-6-7-11-16(15)20(18-17)14-8-4-3-5-9-14/h3-11H,12-13H2,1-2H3. The van der Waals surface area contributed by atoms with Gasteiger partial charge in [-0.25, -0.2) is 4.68 Å². The number of nitrogens with zero attached hydrogens (tertiary/aromatic N) is 3. The third kappa shape index (κ3) is 2.90. The summed E-state index contributed by atoms with van der Waals surface area (Å²) in [5.41, 5.74) is 2.10. The summed E-state index contributed by atoms with van der Waals surface area (Å²) in [4.78, 5) is 2.09. The highest BCUT2D eigenvalue weighted by molar-refractivity contribution is 5.85. The Kier molecular flexibility index (Phi) is 3.88. The monoisotopic (exact) mass is 281 g/mol. The molecule has 0 unspecified atom stereocenters. The van der Waals surface area contributed by atoms with Crippen molar-refractivity contribution in [2.45, 2.75) is 0 Å². The first-order chi connectivity index (χ1) is 10.3. The van der Waals surface area contributed by atoms with Gasteiger partial charge in [0.1, 0.15) is 6.61 Å². The summed E-state index contributed by atoms with van der Waals surface area (Å²) in [7, 11) is 4.06. The summed E-state index contributed by atoms with van der Waals surface area (Å²) in [5, 5.41) is 5.67. The van der Waals surface area contributed by atoms with E-state index in [0.717, 1.165) is 23.1 Å². The molecule has 0 aliphatic rings. The molecule has 108 valence electrons. The molecule has 0 atom stereocenters.